The van der Waals surface area contributed by atoms with E-state index in [-0.39, 0.29) is 23.7 Å². The van der Waals surface area contributed by atoms with E-state index in [9.17, 15) is 9.59 Å². The van der Waals surface area contributed by atoms with Crippen LogP contribution in [-0.4, -0.2) is 75.6 Å². The number of hydrogen-bond donors (Lipinski definition) is 0. The van der Waals surface area contributed by atoms with E-state index < -0.39 is 0 Å². The predicted octanol–water partition coefficient (Wildman–Crippen LogP) is 2.07. The molecule has 0 bridgehead atoms. The van der Waals surface area contributed by atoms with E-state index in [0.29, 0.717) is 24.6 Å². The van der Waals surface area contributed by atoms with Crippen molar-refractivity contribution >= 4 is 17.8 Å². The molecule has 3 heterocycles. The number of amides is 2. The van der Waals surface area contributed by atoms with Crippen molar-refractivity contribution < 1.29 is 9.59 Å². The average Bonchev–Trinajstić information content (AvgIpc) is 3.41. The van der Waals surface area contributed by atoms with Gasteiger partial charge in [-0.05, 0) is 33.1 Å². The third-order valence-corrected chi connectivity index (χ3v) is 6.38. The summed E-state index contributed by atoms with van der Waals surface area (Å²) >= 11 is 0. The lowest BCUT2D eigenvalue weighted by molar-refractivity contribution is -0.131. The Bertz CT molecular complexity index is 1010. The van der Waals surface area contributed by atoms with Crippen molar-refractivity contribution in [2.45, 2.75) is 52.1 Å². The summed E-state index contributed by atoms with van der Waals surface area (Å²) < 4.78 is 1.88. The van der Waals surface area contributed by atoms with Gasteiger partial charge in [0, 0.05) is 77.1 Å². The van der Waals surface area contributed by atoms with Crippen molar-refractivity contribution in [3.63, 3.8) is 0 Å². The molecule has 1 aliphatic carbocycles. The van der Waals surface area contributed by atoms with E-state index in [4.69, 9.17) is 4.98 Å². The van der Waals surface area contributed by atoms with E-state index >= 15 is 0 Å². The highest BCUT2D eigenvalue weighted by atomic mass is 16.2. The number of anilines is 1. The summed E-state index contributed by atoms with van der Waals surface area (Å²) in [6, 6.07) is 0. The maximum absolute atomic E-state index is 13.5. The normalized spacial score (nSPS) is 18.2. The van der Waals surface area contributed by atoms with Crippen LogP contribution in [0.5, 0.6) is 0 Å². The molecule has 32 heavy (non-hydrogen) atoms. The molecule has 9 nitrogen and oxygen atoms in total. The lowest BCUT2D eigenvalue weighted by Gasteiger charge is -2.22. The number of carbonyl (C=O) groups is 2. The van der Waals surface area contributed by atoms with Crippen LogP contribution < -0.4 is 4.90 Å². The largest absolute Gasteiger partial charge is 0.347 e. The second kappa shape index (κ2) is 8.88. The molecule has 1 saturated carbocycles. The minimum Gasteiger partial charge on any atom is -0.347 e. The van der Waals surface area contributed by atoms with E-state index in [0.717, 1.165) is 49.3 Å². The Morgan fingerprint density at radius 3 is 2.56 bits per heavy atom. The number of nitrogens with zero attached hydrogens (tertiary/aromatic N) is 7. The summed E-state index contributed by atoms with van der Waals surface area (Å²) in [6.07, 6.45) is 6.45. The van der Waals surface area contributed by atoms with Crippen LogP contribution in [-0.2, 0) is 17.9 Å². The van der Waals surface area contributed by atoms with E-state index in [2.05, 4.69) is 10.1 Å². The Balaban J connectivity index is 1.57. The molecular formula is C23H33N7O2. The van der Waals surface area contributed by atoms with Crippen LogP contribution in [0.3, 0.4) is 0 Å². The smallest absolute Gasteiger partial charge is 0.257 e. The van der Waals surface area contributed by atoms with Gasteiger partial charge >= 0.3 is 0 Å². The number of aryl methyl sites for hydroxylation is 2. The molecule has 0 radical (unpaired) electrons. The standard InChI is InChI=1S/C23H33N7O2/c1-6-30-14-18(15(2)26-30)12-28(5)22(32)19-11-24-23(27(3)4)25-20(19)17-9-10-29(13-17)21(31)16-7-8-16/h11,14,16-17H,6-10,12-13H2,1-5H3. The van der Waals surface area contributed by atoms with E-state index in [1.807, 2.05) is 48.6 Å². The first kappa shape index (κ1) is 22.2. The Kier molecular flexibility index (Phi) is 6.17. The van der Waals surface area contributed by atoms with Crippen LogP contribution >= 0.6 is 0 Å². The van der Waals surface area contributed by atoms with Crippen molar-refractivity contribution in [1.29, 1.82) is 0 Å². The zero-order chi connectivity index (χ0) is 23.0. The molecule has 4 rings (SSSR count). The minimum absolute atomic E-state index is 0.0383. The predicted molar refractivity (Wildman–Crippen MR) is 121 cm³/mol. The SMILES string of the molecule is CCn1cc(CN(C)C(=O)c2cnc(N(C)C)nc2C2CCN(C(=O)C3CC3)C2)c(C)n1. The van der Waals surface area contributed by atoms with Crippen molar-refractivity contribution in [2.75, 3.05) is 39.1 Å². The Morgan fingerprint density at radius 1 is 1.19 bits per heavy atom. The fourth-order valence-corrected chi connectivity index (χ4v) is 4.26. The third kappa shape index (κ3) is 4.47. The Labute approximate surface area is 189 Å². The summed E-state index contributed by atoms with van der Waals surface area (Å²) in [6.45, 7) is 6.60. The van der Waals surface area contributed by atoms with Crippen molar-refractivity contribution in [3.05, 3.63) is 34.9 Å². The molecule has 0 aromatic carbocycles. The van der Waals surface area contributed by atoms with Crippen LogP contribution in [0.25, 0.3) is 0 Å². The molecule has 2 aromatic heterocycles. The summed E-state index contributed by atoms with van der Waals surface area (Å²) in [4.78, 5) is 40.7. The summed E-state index contributed by atoms with van der Waals surface area (Å²) in [5.41, 5.74) is 3.21. The Morgan fingerprint density at radius 2 is 1.94 bits per heavy atom. The zero-order valence-corrected chi connectivity index (χ0v) is 19.7. The molecule has 0 spiro atoms. The average molecular weight is 440 g/mol. The van der Waals surface area contributed by atoms with Crippen LogP contribution in [0.4, 0.5) is 5.95 Å². The second-order valence-electron chi connectivity index (χ2n) is 9.16. The van der Waals surface area contributed by atoms with Gasteiger partial charge in [0.05, 0.1) is 17.0 Å². The van der Waals surface area contributed by atoms with E-state index in [1.165, 1.54) is 0 Å². The molecule has 1 atom stereocenters. The number of hydrogen-bond acceptors (Lipinski definition) is 6. The highest BCUT2D eigenvalue weighted by molar-refractivity contribution is 5.95. The van der Waals surface area contributed by atoms with Gasteiger partial charge in [0.15, 0.2) is 0 Å². The second-order valence-corrected chi connectivity index (χ2v) is 9.16. The van der Waals surface area contributed by atoms with E-state index in [1.54, 1.807) is 18.1 Å². The molecule has 2 fully saturated rings. The van der Waals surface area contributed by atoms with Gasteiger partial charge in [0.25, 0.3) is 5.91 Å². The molecule has 172 valence electrons. The first-order valence-electron chi connectivity index (χ1n) is 11.4. The van der Waals surface area contributed by atoms with Crippen LogP contribution in [0.2, 0.25) is 0 Å². The molecule has 1 unspecified atom stereocenters. The first-order valence-corrected chi connectivity index (χ1v) is 11.4. The molecular weight excluding hydrogens is 406 g/mol. The van der Waals surface area contributed by atoms with Crippen LogP contribution in [0, 0.1) is 12.8 Å². The highest BCUT2D eigenvalue weighted by Gasteiger charge is 2.38. The fourth-order valence-electron chi connectivity index (χ4n) is 4.26. The number of aromatic nitrogens is 4. The number of carbonyl (C=O) groups excluding carboxylic acids is 2. The molecule has 0 N–H and O–H groups in total. The minimum atomic E-state index is -0.110. The van der Waals surface area contributed by atoms with Crippen LogP contribution in [0.15, 0.2) is 12.4 Å². The summed E-state index contributed by atoms with van der Waals surface area (Å²) in [5, 5.41) is 4.48. The zero-order valence-electron chi connectivity index (χ0n) is 19.7. The fraction of sp³-hybridized carbons (Fsp3) is 0.609. The van der Waals surface area contributed by atoms with Crippen molar-refractivity contribution in [1.82, 2.24) is 29.5 Å². The molecule has 1 aliphatic heterocycles. The monoisotopic (exact) mass is 439 g/mol. The summed E-state index contributed by atoms with van der Waals surface area (Å²) in [7, 11) is 5.57. The lowest BCUT2D eigenvalue weighted by Crippen LogP contribution is -2.31. The van der Waals surface area contributed by atoms with Crippen molar-refractivity contribution in [2.24, 2.45) is 5.92 Å². The summed E-state index contributed by atoms with van der Waals surface area (Å²) in [5.74, 6) is 0.960. The van der Waals surface area contributed by atoms with Gasteiger partial charge < -0.3 is 14.7 Å². The number of likely N-dealkylation sites (tertiary alicyclic amines) is 1. The van der Waals surface area contributed by atoms with Crippen LogP contribution in [0.1, 0.15) is 59.4 Å². The molecule has 9 heteroatoms. The highest BCUT2D eigenvalue weighted by Crippen LogP contribution is 2.35. The molecule has 2 aliphatic rings. The maximum atomic E-state index is 13.5. The third-order valence-electron chi connectivity index (χ3n) is 6.38. The molecule has 2 aromatic rings. The van der Waals surface area contributed by atoms with Gasteiger partial charge in [-0.2, -0.15) is 5.10 Å². The van der Waals surface area contributed by atoms with Gasteiger partial charge in [0.2, 0.25) is 11.9 Å². The number of rotatable bonds is 7. The van der Waals surface area contributed by atoms with Gasteiger partial charge in [-0.3, -0.25) is 14.3 Å². The maximum Gasteiger partial charge on any atom is 0.257 e. The van der Waals surface area contributed by atoms with Gasteiger partial charge in [0.1, 0.15) is 0 Å². The van der Waals surface area contributed by atoms with Gasteiger partial charge in [-0.25, -0.2) is 9.97 Å². The molecule has 1 saturated heterocycles. The lowest BCUT2D eigenvalue weighted by atomic mass is 9.99. The van der Waals surface area contributed by atoms with Gasteiger partial charge in [-0.15, -0.1) is 0 Å². The first-order chi connectivity index (χ1) is 15.3. The topological polar surface area (TPSA) is 87.5 Å². The van der Waals surface area contributed by atoms with Crippen molar-refractivity contribution in [3.8, 4) is 0 Å². The molecule has 2 amide bonds. The Hall–Kier alpha value is -2.97. The quantitative estimate of drug-likeness (QED) is 0.656. The van der Waals surface area contributed by atoms with Gasteiger partial charge in [-0.1, -0.05) is 0 Å².